The van der Waals surface area contributed by atoms with Crippen molar-refractivity contribution in [3.8, 4) is 0 Å². The summed E-state index contributed by atoms with van der Waals surface area (Å²) in [6, 6.07) is 0.614. The van der Waals surface area contributed by atoms with Crippen LogP contribution in [-0.4, -0.2) is 45.0 Å². The number of nitrogens with one attached hydrogen (secondary N) is 1. The minimum absolute atomic E-state index is 0.189. The van der Waals surface area contributed by atoms with Crippen LogP contribution >= 0.6 is 0 Å². The first-order valence-corrected chi connectivity index (χ1v) is 8.53. The maximum atomic E-state index is 12.2. The fourth-order valence-electron chi connectivity index (χ4n) is 2.88. The number of hydrogen-bond acceptors (Lipinski definition) is 4. The van der Waals surface area contributed by atoms with E-state index in [2.05, 4.69) is 30.5 Å². The first-order valence-electron chi connectivity index (χ1n) is 8.53. The molecule has 2 atom stereocenters. The number of likely N-dealkylation sites (tertiary alicyclic amines) is 1. The fraction of sp³-hybridized carbons (Fsp3) is 0.765. The fourth-order valence-corrected chi connectivity index (χ4v) is 2.88. The van der Waals surface area contributed by atoms with Gasteiger partial charge in [0.25, 0.3) is 0 Å². The van der Waals surface area contributed by atoms with Crippen molar-refractivity contribution in [2.75, 3.05) is 6.54 Å². The molecule has 0 spiro atoms. The van der Waals surface area contributed by atoms with E-state index < -0.39 is 5.60 Å². The molecule has 1 aromatic rings. The number of amides is 1. The molecule has 0 aliphatic carbocycles. The number of carbonyl (C=O) groups excluding carboxylic acids is 1. The topological polar surface area (TPSA) is 59.4 Å². The van der Waals surface area contributed by atoms with E-state index in [-0.39, 0.29) is 12.1 Å². The highest BCUT2D eigenvalue weighted by molar-refractivity contribution is 5.68. The van der Waals surface area contributed by atoms with E-state index in [1.165, 1.54) is 5.56 Å². The van der Waals surface area contributed by atoms with Crippen LogP contribution in [0.4, 0.5) is 4.79 Å². The molecule has 0 radical (unpaired) electrons. The van der Waals surface area contributed by atoms with Gasteiger partial charge in [-0.15, -0.1) is 0 Å². The van der Waals surface area contributed by atoms with Crippen LogP contribution in [-0.2, 0) is 17.8 Å². The summed E-state index contributed by atoms with van der Waals surface area (Å²) in [5.41, 5.74) is 0.764. The Kier molecular flexibility index (Phi) is 5.68. The zero-order valence-corrected chi connectivity index (χ0v) is 15.0. The molecule has 6 nitrogen and oxygen atoms in total. The smallest absolute Gasteiger partial charge is 0.410 e. The number of nitrogens with zero attached hydrogens (tertiary/aromatic N) is 3. The van der Waals surface area contributed by atoms with Crippen molar-refractivity contribution in [2.24, 2.45) is 0 Å². The van der Waals surface area contributed by atoms with Gasteiger partial charge in [-0.05, 0) is 47.5 Å². The van der Waals surface area contributed by atoms with Crippen LogP contribution in [0.25, 0.3) is 0 Å². The molecule has 23 heavy (non-hydrogen) atoms. The van der Waals surface area contributed by atoms with Crippen LogP contribution in [0.15, 0.2) is 12.4 Å². The van der Waals surface area contributed by atoms with Crippen LogP contribution < -0.4 is 5.32 Å². The third-order valence-electron chi connectivity index (χ3n) is 4.11. The Hall–Kier alpha value is -1.56. The summed E-state index contributed by atoms with van der Waals surface area (Å²) in [5, 5.41) is 7.87. The molecule has 1 saturated heterocycles. The molecule has 130 valence electrons. The van der Waals surface area contributed by atoms with Crippen molar-refractivity contribution in [2.45, 2.75) is 78.2 Å². The molecule has 2 unspecified atom stereocenters. The lowest BCUT2D eigenvalue weighted by molar-refractivity contribution is 0.00932. The van der Waals surface area contributed by atoms with Gasteiger partial charge in [-0.2, -0.15) is 5.10 Å². The maximum Gasteiger partial charge on any atom is 0.410 e. The molecule has 0 aromatic carbocycles. The van der Waals surface area contributed by atoms with E-state index in [1.807, 2.05) is 36.5 Å². The lowest BCUT2D eigenvalue weighted by Crippen LogP contribution is -2.50. The number of aryl methyl sites for hydroxylation is 1. The van der Waals surface area contributed by atoms with E-state index >= 15 is 0 Å². The van der Waals surface area contributed by atoms with Gasteiger partial charge in [-0.1, -0.05) is 0 Å². The minimum atomic E-state index is -0.439. The normalized spacial score (nSPS) is 22.2. The van der Waals surface area contributed by atoms with E-state index in [9.17, 15) is 4.79 Å². The second-order valence-electron chi connectivity index (χ2n) is 7.33. The predicted octanol–water partition coefficient (Wildman–Crippen LogP) is 2.78. The van der Waals surface area contributed by atoms with E-state index in [0.29, 0.717) is 6.04 Å². The highest BCUT2D eigenvalue weighted by atomic mass is 16.6. The van der Waals surface area contributed by atoms with Gasteiger partial charge in [0.05, 0.1) is 6.20 Å². The molecular weight excluding hydrogens is 292 g/mol. The number of carbonyl (C=O) groups is 1. The van der Waals surface area contributed by atoms with Gasteiger partial charge in [-0.25, -0.2) is 4.79 Å². The average molecular weight is 322 g/mol. The zero-order chi connectivity index (χ0) is 17.0. The van der Waals surface area contributed by atoms with E-state index in [1.54, 1.807) is 0 Å². The van der Waals surface area contributed by atoms with Crippen LogP contribution in [0.2, 0.25) is 0 Å². The molecule has 1 aromatic heterocycles. The lowest BCUT2D eigenvalue weighted by Gasteiger charge is -2.38. The second kappa shape index (κ2) is 7.34. The molecule has 2 rings (SSSR count). The molecule has 0 saturated carbocycles. The molecule has 1 fully saturated rings. The van der Waals surface area contributed by atoms with E-state index in [4.69, 9.17) is 4.74 Å². The molecule has 2 heterocycles. The van der Waals surface area contributed by atoms with Crippen molar-refractivity contribution in [1.82, 2.24) is 20.0 Å². The third-order valence-corrected chi connectivity index (χ3v) is 4.11. The number of aromatic nitrogens is 2. The minimum Gasteiger partial charge on any atom is -0.444 e. The Morgan fingerprint density at radius 3 is 2.78 bits per heavy atom. The summed E-state index contributed by atoms with van der Waals surface area (Å²) >= 11 is 0. The highest BCUT2D eigenvalue weighted by Crippen LogP contribution is 2.20. The van der Waals surface area contributed by atoms with Gasteiger partial charge >= 0.3 is 6.09 Å². The monoisotopic (exact) mass is 322 g/mol. The van der Waals surface area contributed by atoms with Crippen LogP contribution in [0, 0.1) is 0 Å². The zero-order valence-electron chi connectivity index (χ0n) is 15.0. The summed E-state index contributed by atoms with van der Waals surface area (Å²) in [4.78, 5) is 14.1. The molecule has 1 N–H and O–H groups in total. The van der Waals surface area contributed by atoms with Gasteiger partial charge in [0, 0.05) is 43.5 Å². The number of ether oxygens (including phenoxy) is 1. The number of hydrogen-bond donors (Lipinski definition) is 1. The Labute approximate surface area is 139 Å². The van der Waals surface area contributed by atoms with Gasteiger partial charge < -0.3 is 15.0 Å². The van der Waals surface area contributed by atoms with Crippen molar-refractivity contribution >= 4 is 6.09 Å². The summed E-state index contributed by atoms with van der Waals surface area (Å²) < 4.78 is 7.42. The third kappa shape index (κ3) is 5.23. The Balaban J connectivity index is 1.80. The van der Waals surface area contributed by atoms with Crippen LogP contribution in [0.3, 0.4) is 0 Å². The maximum absolute atomic E-state index is 12.2. The van der Waals surface area contributed by atoms with Gasteiger partial charge in [0.2, 0.25) is 0 Å². The van der Waals surface area contributed by atoms with E-state index in [0.717, 1.165) is 32.5 Å². The molecule has 1 aliphatic heterocycles. The molecular formula is C17H30N4O2. The van der Waals surface area contributed by atoms with Crippen LogP contribution in [0.5, 0.6) is 0 Å². The van der Waals surface area contributed by atoms with Crippen LogP contribution in [0.1, 0.15) is 53.0 Å². The first kappa shape index (κ1) is 17.8. The quantitative estimate of drug-likeness (QED) is 0.926. The highest BCUT2D eigenvalue weighted by Gasteiger charge is 2.31. The van der Waals surface area contributed by atoms with Gasteiger partial charge in [0.1, 0.15) is 5.60 Å². The largest absolute Gasteiger partial charge is 0.444 e. The average Bonchev–Trinajstić information content (AvgIpc) is 2.91. The van der Waals surface area contributed by atoms with Crippen molar-refractivity contribution < 1.29 is 9.53 Å². The van der Waals surface area contributed by atoms with Gasteiger partial charge in [0.15, 0.2) is 0 Å². The summed E-state index contributed by atoms with van der Waals surface area (Å²) in [6.07, 6.45) is 5.68. The standard InChI is InChI=1S/C17H30N4O2/c1-6-20-12-14(11-19-20)10-18-15-7-8-21(13(2)9-15)16(22)23-17(3,4)5/h11-13,15,18H,6-10H2,1-5H3. The number of rotatable bonds is 4. The Bertz CT molecular complexity index is 521. The summed E-state index contributed by atoms with van der Waals surface area (Å²) in [6.45, 7) is 12.3. The van der Waals surface area contributed by atoms with Crippen molar-refractivity contribution in [1.29, 1.82) is 0 Å². The summed E-state index contributed by atoms with van der Waals surface area (Å²) in [7, 11) is 0. The molecule has 1 amide bonds. The first-order chi connectivity index (χ1) is 10.8. The Morgan fingerprint density at radius 2 is 2.22 bits per heavy atom. The molecule has 1 aliphatic rings. The molecule has 6 heteroatoms. The SMILES string of the molecule is CCn1cc(CNC2CCN(C(=O)OC(C)(C)C)C(C)C2)cn1. The summed E-state index contributed by atoms with van der Waals surface area (Å²) in [5.74, 6) is 0. The van der Waals surface area contributed by atoms with Gasteiger partial charge in [-0.3, -0.25) is 4.68 Å². The Morgan fingerprint density at radius 1 is 1.48 bits per heavy atom. The van der Waals surface area contributed by atoms with Crippen molar-refractivity contribution in [3.63, 3.8) is 0 Å². The predicted molar refractivity (Wildman–Crippen MR) is 90.2 cm³/mol. The second-order valence-corrected chi connectivity index (χ2v) is 7.33. The molecule has 0 bridgehead atoms. The number of piperidine rings is 1. The van der Waals surface area contributed by atoms with Crippen molar-refractivity contribution in [3.05, 3.63) is 18.0 Å². The lowest BCUT2D eigenvalue weighted by atomic mass is 9.98.